The second-order valence-electron chi connectivity index (χ2n) is 2.75. The van der Waals surface area contributed by atoms with Crippen LogP contribution in [0.1, 0.15) is 0 Å². The van der Waals surface area contributed by atoms with Crippen LogP contribution in [0.15, 0.2) is 25.3 Å². The van der Waals surface area contributed by atoms with Crippen LogP contribution in [0.25, 0.3) is 0 Å². The molecule has 6 heteroatoms. The van der Waals surface area contributed by atoms with Gasteiger partial charge in [0, 0.05) is 11.5 Å². The van der Waals surface area contributed by atoms with Crippen LogP contribution in [0.5, 0.6) is 0 Å². The fourth-order valence-electron chi connectivity index (χ4n) is 0.733. The third-order valence-corrected chi connectivity index (χ3v) is 3.16. The van der Waals surface area contributed by atoms with Crippen molar-refractivity contribution in [2.75, 3.05) is 37.9 Å². The maximum Gasteiger partial charge on any atom is 0.205 e. The van der Waals surface area contributed by atoms with Crippen LogP contribution >= 0.6 is 10.5 Å². The molecule has 0 aromatic carbocycles. The van der Waals surface area contributed by atoms with E-state index in [1.165, 1.54) is 0 Å². The normalized spacial score (nSPS) is 9.47. The second-order valence-corrected chi connectivity index (χ2v) is 4.76. The Hall–Kier alpha value is -0.500. The zero-order valence-corrected chi connectivity index (χ0v) is 10.7. The van der Waals surface area contributed by atoms with Crippen molar-refractivity contribution < 1.29 is 25.2 Å². The predicted octanol–water partition coefficient (Wildman–Crippen LogP) is 0.818. The van der Waals surface area contributed by atoms with Crippen LogP contribution in [0.2, 0.25) is 0 Å². The van der Waals surface area contributed by atoms with Gasteiger partial charge in [0.15, 0.2) is 0 Å². The standard InChI is InChI=1S/C7H12O2S.C4H10O3/c1-3-5-10(6-4-2)7(8)9;5-1-3-7-4-2-6/h3-4,8-9H,1-2,5-6H2;5-6H,1-4H2. The number of hydrogen-bond acceptors (Lipinski definition) is 3. The summed E-state index contributed by atoms with van der Waals surface area (Å²) in [7, 11) is -0.485. The van der Waals surface area contributed by atoms with Crippen LogP contribution in [0.3, 0.4) is 0 Å². The summed E-state index contributed by atoms with van der Waals surface area (Å²) >= 11 is 0. The molecule has 4 N–H and O–H groups in total. The molecule has 0 spiro atoms. The summed E-state index contributed by atoms with van der Waals surface area (Å²) in [5.41, 5.74) is 0. The van der Waals surface area contributed by atoms with Crippen LogP contribution in [0.4, 0.5) is 0 Å². The van der Waals surface area contributed by atoms with Crippen LogP contribution in [-0.2, 0) is 4.74 Å². The fourth-order valence-corrected chi connectivity index (χ4v) is 1.74. The molecule has 0 aromatic rings. The molecule has 0 fully saturated rings. The zero-order chi connectivity index (χ0) is 13.5. The van der Waals surface area contributed by atoms with E-state index in [2.05, 4.69) is 17.9 Å². The molecule has 0 aromatic heterocycles. The number of rotatable bonds is 8. The predicted molar refractivity (Wildman–Crippen MR) is 73.0 cm³/mol. The highest BCUT2D eigenvalue weighted by Gasteiger charge is 1.94. The Balaban J connectivity index is 0. The van der Waals surface area contributed by atoms with E-state index >= 15 is 0 Å². The molecule has 17 heavy (non-hydrogen) atoms. The molecule has 0 heterocycles. The number of aliphatic hydroxyl groups excluding tert-OH is 3. The van der Waals surface area contributed by atoms with Gasteiger partial charge in [-0.15, -0.1) is 23.6 Å². The smallest absolute Gasteiger partial charge is 0.205 e. The Bertz CT molecular complexity index is 208. The van der Waals surface area contributed by atoms with Crippen molar-refractivity contribution in [2.24, 2.45) is 0 Å². The van der Waals surface area contributed by atoms with Gasteiger partial charge >= 0.3 is 0 Å². The first kappa shape index (κ1) is 18.9. The molecular formula is C11H22O5S. The van der Waals surface area contributed by atoms with Crippen molar-refractivity contribution in [3.05, 3.63) is 25.3 Å². The van der Waals surface area contributed by atoms with Gasteiger partial charge in [-0.1, -0.05) is 12.2 Å². The Morgan fingerprint density at radius 1 is 1.00 bits per heavy atom. The molecule has 0 aliphatic heterocycles. The second kappa shape index (κ2) is 15.5. The Morgan fingerprint density at radius 3 is 1.65 bits per heavy atom. The minimum absolute atomic E-state index is 0.0278. The Labute approximate surface area is 105 Å². The lowest BCUT2D eigenvalue weighted by atomic mass is 10.7. The maximum absolute atomic E-state index is 8.66. The van der Waals surface area contributed by atoms with Gasteiger partial charge in [-0.3, -0.25) is 0 Å². The van der Waals surface area contributed by atoms with Crippen LogP contribution in [0, 0.1) is 0 Å². The van der Waals surface area contributed by atoms with Gasteiger partial charge in [-0.25, -0.2) is 0 Å². The van der Waals surface area contributed by atoms with Gasteiger partial charge in [0.05, 0.1) is 26.4 Å². The first-order valence-corrected chi connectivity index (χ1v) is 6.63. The molecule has 0 radical (unpaired) electrons. The average molecular weight is 266 g/mol. The molecule has 0 saturated carbocycles. The SMILES string of the molecule is C=CCS(CC=C)=C(O)O.OCCOCCO. The summed E-state index contributed by atoms with van der Waals surface area (Å²) in [5, 5.41) is 33.0. The number of ether oxygens (including phenoxy) is 1. The van der Waals surface area contributed by atoms with Gasteiger partial charge in [-0.2, -0.15) is 0 Å². The summed E-state index contributed by atoms with van der Waals surface area (Å²) in [5.74, 6) is 1.21. The molecule has 5 nitrogen and oxygen atoms in total. The first-order chi connectivity index (χ1) is 8.13. The lowest BCUT2D eigenvalue weighted by Crippen LogP contribution is -2.03. The minimum atomic E-state index is -0.500. The summed E-state index contributed by atoms with van der Waals surface area (Å²) < 4.78 is 4.63. The highest BCUT2D eigenvalue weighted by Crippen LogP contribution is 2.12. The molecular weight excluding hydrogens is 244 g/mol. The summed E-state index contributed by atoms with van der Waals surface area (Å²) in [6.45, 7) is 7.70. The fraction of sp³-hybridized carbons (Fsp3) is 0.545. The highest BCUT2D eigenvalue weighted by molar-refractivity contribution is 8.15. The monoisotopic (exact) mass is 266 g/mol. The maximum atomic E-state index is 8.66. The summed E-state index contributed by atoms with van der Waals surface area (Å²) in [6, 6.07) is 0. The van der Waals surface area contributed by atoms with Gasteiger partial charge in [0.25, 0.3) is 0 Å². The molecule has 0 amide bonds. The topological polar surface area (TPSA) is 90.2 Å². The van der Waals surface area contributed by atoms with E-state index in [0.717, 1.165) is 0 Å². The molecule has 0 aliphatic rings. The lowest BCUT2D eigenvalue weighted by molar-refractivity contribution is 0.0650. The number of hydrogen-bond donors (Lipinski definition) is 4. The third-order valence-electron chi connectivity index (χ3n) is 1.37. The van der Waals surface area contributed by atoms with E-state index in [9.17, 15) is 0 Å². The van der Waals surface area contributed by atoms with Crippen molar-refractivity contribution in [1.82, 2.24) is 0 Å². The lowest BCUT2D eigenvalue weighted by Gasteiger charge is -2.01. The molecule has 0 unspecified atom stereocenters. The van der Waals surface area contributed by atoms with E-state index in [1.54, 1.807) is 12.2 Å². The van der Waals surface area contributed by atoms with Gasteiger partial charge in [-0.05, 0) is 0 Å². The molecule has 0 bridgehead atoms. The average Bonchev–Trinajstić information content (AvgIpc) is 2.30. The van der Waals surface area contributed by atoms with E-state index in [4.69, 9.17) is 20.4 Å². The summed E-state index contributed by atoms with van der Waals surface area (Å²) in [4.78, 5) is 0. The van der Waals surface area contributed by atoms with Crippen LogP contribution < -0.4 is 0 Å². The van der Waals surface area contributed by atoms with E-state index in [-0.39, 0.29) is 13.2 Å². The van der Waals surface area contributed by atoms with Crippen molar-refractivity contribution in [3.8, 4) is 0 Å². The third kappa shape index (κ3) is 15.5. The van der Waals surface area contributed by atoms with Gasteiger partial charge < -0.3 is 25.2 Å². The minimum Gasteiger partial charge on any atom is -0.394 e. The first-order valence-electron chi connectivity index (χ1n) is 5.07. The van der Waals surface area contributed by atoms with Gasteiger partial charge in [0.2, 0.25) is 5.24 Å². The Kier molecular flexibility index (Phi) is 17.2. The molecule has 0 rings (SSSR count). The number of aliphatic hydroxyl groups is 4. The largest absolute Gasteiger partial charge is 0.394 e. The van der Waals surface area contributed by atoms with E-state index in [1.807, 2.05) is 0 Å². The summed E-state index contributed by atoms with van der Waals surface area (Å²) in [6.07, 6.45) is 3.33. The van der Waals surface area contributed by atoms with Gasteiger partial charge in [0.1, 0.15) is 0 Å². The molecule has 0 aliphatic carbocycles. The molecule has 0 atom stereocenters. The van der Waals surface area contributed by atoms with Crippen molar-refractivity contribution in [1.29, 1.82) is 0 Å². The van der Waals surface area contributed by atoms with Crippen molar-refractivity contribution >= 4 is 15.7 Å². The highest BCUT2D eigenvalue weighted by atomic mass is 32.2. The van der Waals surface area contributed by atoms with Crippen molar-refractivity contribution in [2.45, 2.75) is 0 Å². The van der Waals surface area contributed by atoms with Crippen LogP contribution in [-0.4, -0.2) is 63.6 Å². The van der Waals surface area contributed by atoms with E-state index < -0.39 is 15.7 Å². The quantitative estimate of drug-likeness (QED) is 0.297. The molecule has 0 saturated heterocycles. The Morgan fingerprint density at radius 2 is 1.41 bits per heavy atom. The van der Waals surface area contributed by atoms with E-state index in [0.29, 0.717) is 24.7 Å². The zero-order valence-electron chi connectivity index (χ0n) is 9.92. The van der Waals surface area contributed by atoms with Crippen molar-refractivity contribution in [3.63, 3.8) is 0 Å². The molecule has 102 valence electrons.